The van der Waals surface area contributed by atoms with Gasteiger partial charge in [0.15, 0.2) is 5.82 Å². The smallest absolute Gasteiger partial charge is 0.417 e. The van der Waals surface area contributed by atoms with Crippen molar-refractivity contribution in [2.75, 3.05) is 37.7 Å². The van der Waals surface area contributed by atoms with Crippen molar-refractivity contribution in [1.29, 1.82) is 0 Å². The number of alkyl halides is 4. The zero-order valence-corrected chi connectivity index (χ0v) is 22.1. The number of benzene rings is 1. The first kappa shape index (κ1) is 26.6. The van der Waals surface area contributed by atoms with E-state index in [1.807, 2.05) is 4.90 Å². The Balaban J connectivity index is 1.33. The van der Waals surface area contributed by atoms with Gasteiger partial charge in [0.05, 0.1) is 16.5 Å². The van der Waals surface area contributed by atoms with Crippen molar-refractivity contribution in [2.45, 2.75) is 62.1 Å². The molecular weight excluding hydrogens is 547 g/mol. The summed E-state index contributed by atoms with van der Waals surface area (Å²) in [5.74, 6) is -1.14. The molecule has 4 aliphatic heterocycles. The fourth-order valence-corrected chi connectivity index (χ4v) is 7.11. The van der Waals surface area contributed by atoms with Gasteiger partial charge in [-0.2, -0.15) is 23.1 Å². The quantitative estimate of drug-likeness (QED) is 0.431. The molecule has 2 bridgehead atoms. The highest BCUT2D eigenvalue weighted by atomic mass is 19.4. The maximum atomic E-state index is 16.2. The number of nitrogens with one attached hydrogen (secondary N) is 1. The summed E-state index contributed by atoms with van der Waals surface area (Å²) in [6.07, 6.45) is -0.500. The third kappa shape index (κ3) is 4.62. The zero-order valence-electron chi connectivity index (χ0n) is 22.1. The van der Waals surface area contributed by atoms with Crippen molar-refractivity contribution in [2.24, 2.45) is 0 Å². The highest BCUT2D eigenvalue weighted by Crippen LogP contribution is 2.42. The highest BCUT2D eigenvalue weighted by molar-refractivity contribution is 5.92. The van der Waals surface area contributed by atoms with E-state index in [-0.39, 0.29) is 35.6 Å². The second-order valence-corrected chi connectivity index (χ2v) is 11.6. The number of hydrogen-bond donors (Lipinski definition) is 2. The largest absolute Gasteiger partial charge is 0.508 e. The van der Waals surface area contributed by atoms with Gasteiger partial charge in [0.2, 0.25) is 0 Å². The molecule has 2 unspecified atom stereocenters. The van der Waals surface area contributed by atoms with Gasteiger partial charge in [0, 0.05) is 49.9 Å². The van der Waals surface area contributed by atoms with Crippen LogP contribution in [0.25, 0.3) is 22.2 Å². The lowest BCUT2D eigenvalue weighted by Gasteiger charge is -2.34. The van der Waals surface area contributed by atoms with Crippen molar-refractivity contribution in [3.63, 3.8) is 0 Å². The fourth-order valence-electron chi connectivity index (χ4n) is 7.11. The van der Waals surface area contributed by atoms with Gasteiger partial charge in [-0.25, -0.2) is 8.78 Å². The topological polar surface area (TPSA) is 86.6 Å². The number of fused-ring (bicyclic) bond motifs is 4. The summed E-state index contributed by atoms with van der Waals surface area (Å²) >= 11 is 0. The molecule has 0 saturated carbocycles. The van der Waals surface area contributed by atoms with E-state index in [1.54, 1.807) is 0 Å². The minimum atomic E-state index is -4.81. The number of ether oxygens (including phenoxy) is 1. The maximum Gasteiger partial charge on any atom is 0.417 e. The van der Waals surface area contributed by atoms with Crippen LogP contribution < -0.4 is 15.0 Å². The molecule has 0 radical (unpaired) electrons. The number of halogens is 5. The summed E-state index contributed by atoms with van der Waals surface area (Å²) < 4.78 is 78.1. The SMILES string of the molecule is Oc1ccc(C(F)(F)F)c(-c2ncc3c(N4C[C@H]5CC[C@@H](C4)N5)nc(OCC45CCCN4CC(F)C5)nc3c2F)c1. The van der Waals surface area contributed by atoms with Crippen LogP contribution in [0.1, 0.15) is 37.7 Å². The minimum Gasteiger partial charge on any atom is -0.508 e. The van der Waals surface area contributed by atoms with E-state index in [4.69, 9.17) is 4.74 Å². The second kappa shape index (κ2) is 9.62. The molecule has 4 aliphatic rings. The van der Waals surface area contributed by atoms with Gasteiger partial charge in [-0.3, -0.25) is 9.88 Å². The van der Waals surface area contributed by atoms with Crippen LogP contribution in [-0.2, 0) is 6.18 Å². The normalized spacial score (nSPS) is 28.0. The highest BCUT2D eigenvalue weighted by Gasteiger charge is 2.49. The molecule has 4 fully saturated rings. The molecule has 2 aromatic heterocycles. The number of phenolic OH excluding ortho intramolecular Hbond substituents is 1. The summed E-state index contributed by atoms with van der Waals surface area (Å²) in [6.45, 7) is 2.45. The van der Waals surface area contributed by atoms with E-state index in [0.717, 1.165) is 44.4 Å². The van der Waals surface area contributed by atoms with Crippen LogP contribution in [0.4, 0.5) is 27.8 Å². The van der Waals surface area contributed by atoms with E-state index >= 15 is 4.39 Å². The molecular formula is C28H29F5N6O2. The third-order valence-electron chi connectivity index (χ3n) is 8.95. The number of nitrogens with zero attached hydrogens (tertiary/aromatic N) is 5. The number of piperazine rings is 1. The van der Waals surface area contributed by atoms with E-state index in [1.165, 1.54) is 6.20 Å². The molecule has 4 atom stereocenters. The summed E-state index contributed by atoms with van der Waals surface area (Å²) in [4.78, 5) is 17.2. The van der Waals surface area contributed by atoms with E-state index in [9.17, 15) is 22.7 Å². The summed E-state index contributed by atoms with van der Waals surface area (Å²) in [5.41, 5.74) is -3.04. The van der Waals surface area contributed by atoms with Gasteiger partial charge in [0.1, 0.15) is 35.6 Å². The minimum absolute atomic E-state index is 0.120. The number of phenols is 1. The maximum absolute atomic E-state index is 16.2. The van der Waals surface area contributed by atoms with Crippen LogP contribution in [0.2, 0.25) is 0 Å². The molecule has 0 aliphatic carbocycles. The molecule has 4 saturated heterocycles. The lowest BCUT2D eigenvalue weighted by Crippen LogP contribution is -2.51. The Kier molecular flexibility index (Phi) is 6.23. The van der Waals surface area contributed by atoms with Gasteiger partial charge in [-0.15, -0.1) is 0 Å². The van der Waals surface area contributed by atoms with E-state index in [0.29, 0.717) is 37.9 Å². The summed E-state index contributed by atoms with van der Waals surface area (Å²) in [5, 5.41) is 13.7. The van der Waals surface area contributed by atoms with Crippen LogP contribution in [0, 0.1) is 5.82 Å². The third-order valence-corrected chi connectivity index (χ3v) is 8.95. The van der Waals surface area contributed by atoms with Crippen molar-refractivity contribution in [3.05, 3.63) is 35.8 Å². The monoisotopic (exact) mass is 576 g/mol. The average molecular weight is 577 g/mol. The Bertz CT molecular complexity index is 1490. The number of aromatic nitrogens is 3. The first-order valence-electron chi connectivity index (χ1n) is 13.9. The van der Waals surface area contributed by atoms with Crippen LogP contribution in [0.15, 0.2) is 24.4 Å². The van der Waals surface area contributed by atoms with Crippen molar-refractivity contribution in [3.8, 4) is 23.0 Å². The molecule has 1 aromatic carbocycles. The van der Waals surface area contributed by atoms with E-state index in [2.05, 4.69) is 25.2 Å². The van der Waals surface area contributed by atoms with Crippen LogP contribution >= 0.6 is 0 Å². The Morgan fingerprint density at radius 3 is 2.66 bits per heavy atom. The number of hydrogen-bond acceptors (Lipinski definition) is 8. The molecule has 0 spiro atoms. The van der Waals surface area contributed by atoms with Crippen LogP contribution in [-0.4, -0.2) is 81.5 Å². The number of pyridine rings is 1. The van der Waals surface area contributed by atoms with Gasteiger partial charge in [-0.05, 0) is 50.4 Å². The van der Waals surface area contributed by atoms with Gasteiger partial charge < -0.3 is 20.1 Å². The van der Waals surface area contributed by atoms with Crippen molar-refractivity contribution >= 4 is 16.7 Å². The van der Waals surface area contributed by atoms with Crippen molar-refractivity contribution < 1.29 is 31.8 Å². The molecule has 0 amide bonds. The van der Waals surface area contributed by atoms with Gasteiger partial charge >= 0.3 is 12.2 Å². The lowest BCUT2D eigenvalue weighted by molar-refractivity contribution is -0.137. The van der Waals surface area contributed by atoms with Crippen LogP contribution in [0.3, 0.4) is 0 Å². The van der Waals surface area contributed by atoms with Crippen molar-refractivity contribution in [1.82, 2.24) is 25.2 Å². The Morgan fingerprint density at radius 2 is 1.90 bits per heavy atom. The first-order chi connectivity index (χ1) is 19.6. The zero-order chi connectivity index (χ0) is 28.5. The Morgan fingerprint density at radius 1 is 1.12 bits per heavy atom. The summed E-state index contributed by atoms with van der Waals surface area (Å²) in [7, 11) is 0. The molecule has 6 heterocycles. The molecule has 13 heteroatoms. The number of rotatable bonds is 5. The Labute approximate surface area is 232 Å². The number of anilines is 1. The van der Waals surface area contributed by atoms with Gasteiger partial charge in [0.25, 0.3) is 0 Å². The molecule has 7 rings (SSSR count). The first-order valence-corrected chi connectivity index (χ1v) is 13.9. The standard InChI is InChI=1S/C28H29F5N6O2/c29-15-9-27(6-1-7-39(27)11-15)14-41-26-36-24-20(25(37-26)38-12-16-2-3-17(13-38)35-16)10-34-23(22(24)30)19-8-18(40)4-5-21(19)28(31,32)33/h4-5,8,10,15-17,35,40H,1-3,6-7,9,11-14H2/t15?,16-,17+,27?. The number of aromatic hydroxyl groups is 1. The Hall–Kier alpha value is -3.32. The summed E-state index contributed by atoms with van der Waals surface area (Å²) in [6, 6.07) is 2.77. The second-order valence-electron chi connectivity index (χ2n) is 11.6. The molecule has 41 heavy (non-hydrogen) atoms. The molecule has 2 N–H and O–H groups in total. The molecule has 218 valence electrons. The lowest BCUT2D eigenvalue weighted by atomic mass is 9.95. The molecule has 3 aromatic rings. The van der Waals surface area contributed by atoms with E-state index < -0.39 is 46.3 Å². The predicted molar refractivity (Wildman–Crippen MR) is 140 cm³/mol. The molecule has 8 nitrogen and oxygen atoms in total. The average Bonchev–Trinajstić information content (AvgIpc) is 3.57. The van der Waals surface area contributed by atoms with Crippen LogP contribution in [0.5, 0.6) is 11.8 Å². The predicted octanol–water partition coefficient (Wildman–Crippen LogP) is 4.45. The fraction of sp³-hybridized carbons (Fsp3) is 0.536. The van der Waals surface area contributed by atoms with Gasteiger partial charge in [-0.1, -0.05) is 0 Å².